The lowest BCUT2D eigenvalue weighted by Gasteiger charge is -2.29. The van der Waals surface area contributed by atoms with Gasteiger partial charge >= 0.3 is 0 Å². The number of nitrogens with one attached hydrogen (secondary N) is 2. The van der Waals surface area contributed by atoms with Gasteiger partial charge in [-0.05, 0) is 113 Å². The summed E-state index contributed by atoms with van der Waals surface area (Å²) < 4.78 is 41.7. The van der Waals surface area contributed by atoms with Crippen LogP contribution in [0, 0.1) is 59.8 Å². The minimum atomic E-state index is -4.62. The Balaban J connectivity index is 1.57. The first kappa shape index (κ1) is 46.8. The van der Waals surface area contributed by atoms with Crippen LogP contribution < -0.4 is 15.5 Å². The fourth-order valence-electron chi connectivity index (χ4n) is 7.75. The predicted molar refractivity (Wildman–Crippen MR) is 251 cm³/mol. The van der Waals surface area contributed by atoms with Crippen LogP contribution in [0.2, 0.25) is 0 Å². The van der Waals surface area contributed by atoms with Crippen LogP contribution in [0.4, 0.5) is 40.2 Å². The highest BCUT2D eigenvalue weighted by Crippen LogP contribution is 2.42. The highest BCUT2D eigenvalue weighted by molar-refractivity contribution is 7.86. The van der Waals surface area contributed by atoms with Gasteiger partial charge in [0.25, 0.3) is 10.1 Å². The number of carbonyl (C=O) groups excluding carboxylic acids is 1. The smallest absolute Gasteiger partial charge is 0.295 e. The number of nitrogens with zero attached hydrogens (tertiary/aromatic N) is 9. The maximum absolute atomic E-state index is 12.7. The number of aromatic nitrogens is 5. The van der Waals surface area contributed by atoms with Gasteiger partial charge in [0.15, 0.2) is 17.5 Å². The predicted octanol–water partition coefficient (Wildman–Crippen LogP) is 10.2. The van der Waals surface area contributed by atoms with E-state index in [4.69, 9.17) is 25.3 Å². The highest BCUT2D eigenvalue weighted by atomic mass is 32.2. The van der Waals surface area contributed by atoms with Gasteiger partial charge in [-0.2, -0.15) is 32.8 Å². The molecule has 0 radical (unpaired) electrons. The molecule has 3 heterocycles. The summed E-state index contributed by atoms with van der Waals surface area (Å²) in [5.74, 6) is 0.795. The van der Waals surface area contributed by atoms with Crippen LogP contribution in [0.5, 0.6) is 0 Å². The number of anilines is 5. The molecule has 18 heteroatoms. The van der Waals surface area contributed by atoms with Crippen molar-refractivity contribution >= 4 is 67.8 Å². The van der Waals surface area contributed by atoms with Gasteiger partial charge < -0.3 is 20.6 Å². The summed E-state index contributed by atoms with van der Waals surface area (Å²) in [5.41, 5.74) is 7.80. The second-order valence-electron chi connectivity index (χ2n) is 16.6. The third-order valence-electron chi connectivity index (χ3n) is 10.4. The van der Waals surface area contributed by atoms with Crippen LogP contribution in [0.15, 0.2) is 76.3 Å². The van der Waals surface area contributed by atoms with E-state index >= 15 is 0 Å². The monoisotopic (exact) mass is 901 g/mol. The number of hydrogen-bond acceptors (Lipinski definition) is 14. The Morgan fingerprint density at radius 1 is 0.984 bits per heavy atom. The van der Waals surface area contributed by atoms with E-state index in [0.29, 0.717) is 69.1 Å². The number of pyridine rings is 1. The molecular weight excluding hydrogens is 851 g/mol. The van der Waals surface area contributed by atoms with E-state index < -0.39 is 15.5 Å². The minimum Gasteiger partial charge on any atom is -0.396 e. The molecule has 6 rings (SSSR count). The number of rotatable bonds is 14. The van der Waals surface area contributed by atoms with E-state index in [2.05, 4.69) is 39.8 Å². The van der Waals surface area contributed by atoms with Crippen molar-refractivity contribution in [2.45, 2.75) is 86.0 Å². The van der Waals surface area contributed by atoms with Crippen molar-refractivity contribution in [3.05, 3.63) is 111 Å². The first-order chi connectivity index (χ1) is 30.2. The van der Waals surface area contributed by atoms with Gasteiger partial charge in [-0.3, -0.25) is 9.35 Å². The largest absolute Gasteiger partial charge is 0.396 e. The molecule has 0 fully saturated rings. The topological polar surface area (TPSA) is 224 Å². The Bertz CT molecular complexity index is 2970. The Labute approximate surface area is 377 Å². The molecule has 4 N–H and O–H groups in total. The molecule has 0 saturated heterocycles. The third-order valence-corrected chi connectivity index (χ3v) is 12.2. The van der Waals surface area contributed by atoms with Crippen molar-refractivity contribution in [2.24, 2.45) is 10.2 Å². The SMILES string of the molecule is C=CC(=O)Nc1cccc(-c2nsc(-n3nc(C(C)(C)C)c(C#N)c3N=Nc3c(C)cc(N(CCCO)c4c(C)cc(C)cc4C)nc3Nc3c(C)cc(C)c(S(=O)(=O)O)c3C)n2)c1. The fourth-order valence-corrected chi connectivity index (χ4v) is 9.35. The van der Waals surface area contributed by atoms with Crippen LogP contribution in [0.1, 0.15) is 77.4 Å². The number of aliphatic hydroxyl groups is 1. The molecule has 0 atom stereocenters. The summed E-state index contributed by atoms with van der Waals surface area (Å²) in [6.07, 6.45) is 1.61. The Hall–Kier alpha value is -6.65. The Morgan fingerprint density at radius 3 is 2.31 bits per heavy atom. The Morgan fingerprint density at radius 2 is 1.69 bits per heavy atom. The molecule has 0 aliphatic heterocycles. The number of aliphatic hydroxyl groups excluding tert-OH is 1. The van der Waals surface area contributed by atoms with Crippen molar-refractivity contribution in [2.75, 3.05) is 28.7 Å². The number of hydrogen-bond donors (Lipinski definition) is 4. The van der Waals surface area contributed by atoms with Crippen molar-refractivity contribution < 1.29 is 22.9 Å². The summed E-state index contributed by atoms with van der Waals surface area (Å²) in [6, 6.07) is 17.0. The average molecular weight is 902 g/mol. The van der Waals surface area contributed by atoms with Crippen LogP contribution in [-0.4, -0.2) is 61.3 Å². The van der Waals surface area contributed by atoms with E-state index in [1.807, 2.05) is 66.4 Å². The number of nitriles is 1. The second kappa shape index (κ2) is 18.6. The molecule has 0 aliphatic carbocycles. The lowest BCUT2D eigenvalue weighted by Crippen LogP contribution is -2.23. The van der Waals surface area contributed by atoms with E-state index in [1.54, 1.807) is 44.2 Å². The van der Waals surface area contributed by atoms with Crippen LogP contribution in [0.3, 0.4) is 0 Å². The molecule has 64 heavy (non-hydrogen) atoms. The van der Waals surface area contributed by atoms with E-state index in [9.17, 15) is 28.1 Å². The summed E-state index contributed by atoms with van der Waals surface area (Å²) in [7, 11) is -4.62. The van der Waals surface area contributed by atoms with Crippen LogP contribution in [0.25, 0.3) is 16.5 Å². The maximum atomic E-state index is 12.7. The summed E-state index contributed by atoms with van der Waals surface area (Å²) in [5, 5.41) is 41.4. The van der Waals surface area contributed by atoms with E-state index in [-0.39, 0.29) is 45.9 Å². The van der Waals surface area contributed by atoms with Gasteiger partial charge in [-0.1, -0.05) is 63.2 Å². The molecule has 0 spiro atoms. The minimum absolute atomic E-state index is 0.0566. The fraction of sp³-hybridized carbons (Fsp3) is 0.304. The average Bonchev–Trinajstić information content (AvgIpc) is 3.85. The quantitative estimate of drug-likeness (QED) is 0.0455. The van der Waals surface area contributed by atoms with Crippen molar-refractivity contribution in [1.29, 1.82) is 5.26 Å². The standard InChI is InChI=1S/C46H51N11O5S2/c1-12-36(59)48-33-16-13-15-32(23-33)42-51-45(63-55-42)57-44(34(24-47)41(54-57)46(9,10)11)53-52-38-27(4)22-35(56(17-14-18-58)39-28(5)19-25(2)20-29(39)6)49-43(38)50-37-26(3)21-30(7)40(31(37)8)64(60,61)62/h12-13,15-16,19-23,58H,1,14,17-18H2,2-11H3,(H,48,59)(H,49,50)(H,60,61,62). The molecule has 0 bridgehead atoms. The molecule has 6 aromatic rings. The number of carbonyl (C=O) groups is 1. The van der Waals surface area contributed by atoms with E-state index in [0.717, 1.165) is 33.9 Å². The van der Waals surface area contributed by atoms with Gasteiger partial charge in [0, 0.05) is 52.7 Å². The van der Waals surface area contributed by atoms with Crippen molar-refractivity contribution in [3.63, 3.8) is 0 Å². The van der Waals surface area contributed by atoms with Gasteiger partial charge in [0.2, 0.25) is 11.0 Å². The molecular formula is C46H51N11O5S2. The summed E-state index contributed by atoms with van der Waals surface area (Å²) >= 11 is 1.04. The Kier molecular flexibility index (Phi) is 13.6. The molecule has 16 nitrogen and oxygen atoms in total. The molecule has 332 valence electrons. The third kappa shape index (κ3) is 9.77. The second-order valence-corrected chi connectivity index (χ2v) is 18.7. The summed E-state index contributed by atoms with van der Waals surface area (Å²) in [4.78, 5) is 23.7. The lowest BCUT2D eigenvalue weighted by atomic mass is 9.90. The summed E-state index contributed by atoms with van der Waals surface area (Å²) in [6.45, 7) is 22.6. The highest BCUT2D eigenvalue weighted by Gasteiger charge is 2.30. The van der Waals surface area contributed by atoms with Gasteiger partial charge in [-0.15, -0.1) is 10.2 Å². The van der Waals surface area contributed by atoms with Crippen LogP contribution >= 0.6 is 11.5 Å². The zero-order chi connectivity index (χ0) is 46.8. The van der Waals surface area contributed by atoms with Gasteiger partial charge in [0.05, 0.1) is 5.69 Å². The lowest BCUT2D eigenvalue weighted by molar-refractivity contribution is -0.111. The molecule has 3 aromatic heterocycles. The molecule has 0 aliphatic rings. The van der Waals surface area contributed by atoms with Crippen molar-refractivity contribution in [3.8, 4) is 22.6 Å². The first-order valence-electron chi connectivity index (χ1n) is 20.3. The first-order valence-corrected chi connectivity index (χ1v) is 22.5. The zero-order valence-electron chi connectivity index (χ0n) is 37.5. The number of amides is 1. The van der Waals surface area contributed by atoms with E-state index in [1.165, 1.54) is 10.8 Å². The van der Waals surface area contributed by atoms with Crippen molar-refractivity contribution in [1.82, 2.24) is 24.1 Å². The number of benzene rings is 3. The van der Waals surface area contributed by atoms with Gasteiger partial charge in [-0.25, -0.2) is 4.98 Å². The van der Waals surface area contributed by atoms with Crippen LogP contribution in [-0.2, 0) is 20.3 Å². The number of azo groups is 1. The maximum Gasteiger partial charge on any atom is 0.295 e. The zero-order valence-corrected chi connectivity index (χ0v) is 39.1. The normalized spacial score (nSPS) is 11.8. The molecule has 1 amide bonds. The number of aryl methyl sites for hydroxylation is 6. The molecule has 3 aromatic carbocycles. The van der Waals surface area contributed by atoms with Gasteiger partial charge in [0.1, 0.15) is 28.0 Å². The molecule has 0 saturated carbocycles. The molecule has 0 unspecified atom stereocenters.